The van der Waals surface area contributed by atoms with E-state index >= 15 is 0 Å². The lowest BCUT2D eigenvalue weighted by Gasteiger charge is -2.19. The van der Waals surface area contributed by atoms with Gasteiger partial charge in [-0.25, -0.2) is 4.99 Å². The number of primary amides is 1. The van der Waals surface area contributed by atoms with Crippen LogP contribution in [0, 0.1) is 12.8 Å². The molecule has 0 fully saturated rings. The number of nitrogens with two attached hydrogens (primary N) is 1. The molecule has 4 N–H and O–H groups in total. The van der Waals surface area contributed by atoms with Crippen LogP contribution in [-0.4, -0.2) is 35.8 Å². The minimum Gasteiger partial charge on any atom is -0.370 e. The van der Waals surface area contributed by atoms with E-state index < -0.39 is 55.2 Å². The number of carbonyl (C=O) groups excluding carboxylic acids is 3. The molecule has 0 bridgehead atoms. The Hall–Kier alpha value is -3.40. The van der Waals surface area contributed by atoms with Gasteiger partial charge in [0.1, 0.15) is 0 Å². The third kappa shape index (κ3) is 6.34. The van der Waals surface area contributed by atoms with E-state index in [2.05, 4.69) is 15.6 Å². The zero-order valence-electron chi connectivity index (χ0n) is 18.1. The number of aryl methyl sites for hydroxylation is 1. The van der Waals surface area contributed by atoms with Gasteiger partial charge in [0, 0.05) is 29.9 Å². The lowest BCUT2D eigenvalue weighted by molar-refractivity contribution is -0.143. The van der Waals surface area contributed by atoms with Crippen LogP contribution in [0.2, 0.25) is 5.02 Å². The van der Waals surface area contributed by atoms with Gasteiger partial charge in [-0.3, -0.25) is 14.4 Å². The quantitative estimate of drug-likeness (QED) is 0.545. The number of aliphatic imine (C=N–C) groups is 1. The molecule has 0 aliphatic carbocycles. The number of amides is 3. The van der Waals surface area contributed by atoms with Crippen LogP contribution in [0.5, 0.6) is 0 Å². The summed E-state index contributed by atoms with van der Waals surface area (Å²) in [6.45, 7) is 1.87. The number of hydrogen-bond donors (Lipinski definition) is 3. The summed E-state index contributed by atoms with van der Waals surface area (Å²) in [5.74, 6) is -3.99. The van der Waals surface area contributed by atoms with E-state index in [-0.39, 0.29) is 10.7 Å². The van der Waals surface area contributed by atoms with Crippen LogP contribution in [-0.2, 0) is 14.4 Å². The lowest BCUT2D eigenvalue weighted by Crippen LogP contribution is -2.45. The van der Waals surface area contributed by atoms with E-state index in [0.29, 0.717) is 16.8 Å². The summed E-state index contributed by atoms with van der Waals surface area (Å²) in [5.41, 5.74) is 7.83. The Kier molecular flexibility index (Phi) is 7.61. The van der Waals surface area contributed by atoms with Crippen molar-refractivity contribution in [1.29, 1.82) is 0 Å². The van der Waals surface area contributed by atoms with Crippen LogP contribution in [0.3, 0.4) is 0 Å². The van der Waals surface area contributed by atoms with Gasteiger partial charge in [-0.05, 0) is 25.5 Å². The first-order valence-electron chi connectivity index (χ1n) is 10.3. The van der Waals surface area contributed by atoms with E-state index in [4.69, 9.17) is 17.3 Å². The van der Waals surface area contributed by atoms with Gasteiger partial charge in [-0.15, -0.1) is 0 Å². The predicted molar refractivity (Wildman–Crippen MR) is 121 cm³/mol. The number of fused-ring (bicyclic) bond motifs is 1. The molecular formula is C23H22ClF3N4O3. The molecule has 0 aromatic heterocycles. The summed E-state index contributed by atoms with van der Waals surface area (Å²) >= 11 is 6.29. The zero-order chi connectivity index (χ0) is 25.0. The molecule has 1 aliphatic heterocycles. The summed E-state index contributed by atoms with van der Waals surface area (Å²) in [6.07, 6.45) is -8.55. The van der Waals surface area contributed by atoms with Crippen molar-refractivity contribution >= 4 is 40.7 Å². The Labute approximate surface area is 198 Å². The number of nitrogens with zero attached hydrogens (tertiary/aromatic N) is 1. The number of nitrogens with one attached hydrogen (secondary N) is 2. The molecule has 2 unspecified atom stereocenters. The number of anilines is 1. The largest absolute Gasteiger partial charge is 0.389 e. The minimum atomic E-state index is -4.52. The predicted octanol–water partition coefficient (Wildman–Crippen LogP) is 3.71. The van der Waals surface area contributed by atoms with Crippen LogP contribution in [0.1, 0.15) is 36.0 Å². The number of carbonyl (C=O) groups is 3. The van der Waals surface area contributed by atoms with Gasteiger partial charge >= 0.3 is 6.18 Å². The second-order valence-electron chi connectivity index (χ2n) is 7.93. The highest BCUT2D eigenvalue weighted by molar-refractivity contribution is 6.36. The SMILES string of the molecule is Cc1cccc(C2=NC(NC(=O)C(CCC(F)(F)F)CC(N)=O)C(=O)Nc3c(Cl)cccc32)c1. The monoisotopic (exact) mass is 494 g/mol. The zero-order valence-corrected chi connectivity index (χ0v) is 18.8. The molecule has 11 heteroatoms. The van der Waals surface area contributed by atoms with Crippen LogP contribution in [0.15, 0.2) is 47.5 Å². The fraction of sp³-hybridized carbons (Fsp3) is 0.304. The first-order chi connectivity index (χ1) is 15.9. The smallest absolute Gasteiger partial charge is 0.370 e. The molecule has 1 aliphatic rings. The average molecular weight is 495 g/mol. The van der Waals surface area contributed by atoms with Gasteiger partial charge in [0.15, 0.2) is 0 Å². The Bertz CT molecular complexity index is 1150. The number of benzodiazepines with no additional fused rings is 1. The number of rotatable bonds is 7. The minimum absolute atomic E-state index is 0.245. The summed E-state index contributed by atoms with van der Waals surface area (Å²) in [5, 5.41) is 5.23. The van der Waals surface area contributed by atoms with Gasteiger partial charge in [0.25, 0.3) is 5.91 Å². The van der Waals surface area contributed by atoms with Gasteiger partial charge in [0.2, 0.25) is 18.0 Å². The maximum Gasteiger partial charge on any atom is 0.389 e. The summed E-state index contributed by atoms with van der Waals surface area (Å²) in [6, 6.07) is 12.2. The van der Waals surface area contributed by atoms with Crippen LogP contribution >= 0.6 is 11.6 Å². The standard InChI is InChI=1S/C23H22ClF3N4O3/c1-12-4-2-5-13(10-12)18-15-6-3-7-16(24)19(15)30-22(34)20(29-18)31-21(33)14(11-17(28)32)8-9-23(25,26)27/h2-7,10,14,20H,8-9,11H2,1H3,(H2,28,32)(H,30,34)(H,31,33). The Morgan fingerprint density at radius 3 is 2.59 bits per heavy atom. The first-order valence-corrected chi connectivity index (χ1v) is 10.7. The van der Waals surface area contributed by atoms with Crippen LogP contribution in [0.25, 0.3) is 0 Å². The maximum atomic E-state index is 12.9. The van der Waals surface area contributed by atoms with Crippen molar-refractivity contribution < 1.29 is 27.6 Å². The third-order valence-corrected chi connectivity index (χ3v) is 5.50. The maximum absolute atomic E-state index is 12.9. The Balaban J connectivity index is 1.98. The van der Waals surface area contributed by atoms with Crippen molar-refractivity contribution in [2.75, 3.05) is 5.32 Å². The molecule has 7 nitrogen and oxygen atoms in total. The van der Waals surface area contributed by atoms with E-state index in [0.717, 1.165) is 5.56 Å². The highest BCUT2D eigenvalue weighted by Crippen LogP contribution is 2.31. The summed E-state index contributed by atoms with van der Waals surface area (Å²) < 4.78 is 38.1. The summed E-state index contributed by atoms with van der Waals surface area (Å²) in [4.78, 5) is 41.5. The van der Waals surface area contributed by atoms with Crippen LogP contribution < -0.4 is 16.4 Å². The summed E-state index contributed by atoms with van der Waals surface area (Å²) in [7, 11) is 0. The third-order valence-electron chi connectivity index (χ3n) is 5.19. The fourth-order valence-electron chi connectivity index (χ4n) is 3.58. The topological polar surface area (TPSA) is 114 Å². The van der Waals surface area contributed by atoms with Gasteiger partial charge in [0.05, 0.1) is 16.4 Å². The highest BCUT2D eigenvalue weighted by atomic mass is 35.5. The van der Waals surface area contributed by atoms with E-state index in [9.17, 15) is 27.6 Å². The van der Waals surface area contributed by atoms with Crippen molar-refractivity contribution in [3.8, 4) is 0 Å². The van der Waals surface area contributed by atoms with E-state index in [1.54, 1.807) is 30.3 Å². The Morgan fingerprint density at radius 2 is 1.94 bits per heavy atom. The van der Waals surface area contributed by atoms with Crippen molar-refractivity contribution in [1.82, 2.24) is 5.32 Å². The molecule has 2 aromatic carbocycles. The lowest BCUT2D eigenvalue weighted by atomic mass is 9.97. The molecule has 180 valence electrons. The molecule has 0 saturated heterocycles. The second-order valence-corrected chi connectivity index (χ2v) is 8.34. The number of hydrogen-bond acceptors (Lipinski definition) is 4. The van der Waals surface area contributed by atoms with Crippen molar-refractivity contribution in [3.05, 3.63) is 64.2 Å². The number of halogens is 4. The molecule has 3 rings (SSSR count). The second kappa shape index (κ2) is 10.3. The molecular weight excluding hydrogens is 473 g/mol. The highest BCUT2D eigenvalue weighted by Gasteiger charge is 2.34. The van der Waals surface area contributed by atoms with E-state index in [1.165, 1.54) is 0 Å². The molecule has 0 saturated carbocycles. The molecule has 34 heavy (non-hydrogen) atoms. The number of benzene rings is 2. The first kappa shape index (κ1) is 25.2. The van der Waals surface area contributed by atoms with Gasteiger partial charge in [-0.1, -0.05) is 47.5 Å². The molecule has 1 heterocycles. The fourth-order valence-corrected chi connectivity index (χ4v) is 3.80. The van der Waals surface area contributed by atoms with Crippen molar-refractivity contribution in [3.63, 3.8) is 0 Å². The van der Waals surface area contributed by atoms with Crippen molar-refractivity contribution in [2.45, 2.75) is 38.5 Å². The molecule has 3 amide bonds. The van der Waals surface area contributed by atoms with Crippen LogP contribution in [0.4, 0.5) is 18.9 Å². The van der Waals surface area contributed by atoms with Gasteiger partial charge in [-0.2, -0.15) is 13.2 Å². The number of alkyl halides is 3. The molecule has 0 radical (unpaired) electrons. The van der Waals surface area contributed by atoms with Gasteiger partial charge < -0.3 is 16.4 Å². The molecule has 2 aromatic rings. The average Bonchev–Trinajstić information content (AvgIpc) is 2.88. The van der Waals surface area contributed by atoms with E-state index in [1.807, 2.05) is 19.1 Å². The Morgan fingerprint density at radius 1 is 1.24 bits per heavy atom. The molecule has 0 spiro atoms. The molecule has 2 atom stereocenters. The normalized spacial score (nSPS) is 16.6. The van der Waals surface area contributed by atoms with Crippen molar-refractivity contribution in [2.24, 2.45) is 16.6 Å². The number of para-hydroxylation sites is 1.